The molecule has 6 atom stereocenters. The maximum absolute atomic E-state index is 12.9. The molecule has 0 saturated carbocycles. The lowest BCUT2D eigenvalue weighted by molar-refractivity contribution is -0.301. The van der Waals surface area contributed by atoms with Gasteiger partial charge in [0, 0.05) is 12.6 Å². The molecule has 1 fully saturated rings. The lowest BCUT2D eigenvalue weighted by Crippen LogP contribution is -2.60. The smallest absolute Gasteiger partial charge is 0.245 e. The highest BCUT2D eigenvalue weighted by atomic mass is 16.7. The predicted molar refractivity (Wildman–Crippen MR) is 147 cm³/mol. The number of nitrogens with one attached hydrogen (secondary N) is 2. The molecule has 220 valence electrons. The fourth-order valence-corrected chi connectivity index (χ4v) is 4.31. The molecule has 0 radical (unpaired) electrons. The van der Waals surface area contributed by atoms with E-state index >= 15 is 0 Å². The van der Waals surface area contributed by atoms with Crippen molar-refractivity contribution in [1.29, 1.82) is 0 Å². The van der Waals surface area contributed by atoms with Gasteiger partial charge in [-0.2, -0.15) is 0 Å². The molecule has 6 N–H and O–H groups in total. The fraction of sp³-hybridized carbons (Fsp3) is 0.655. The van der Waals surface area contributed by atoms with E-state index in [0.717, 1.165) is 24.8 Å². The van der Waals surface area contributed by atoms with Crippen LogP contribution in [0.1, 0.15) is 70.3 Å². The van der Waals surface area contributed by atoms with Gasteiger partial charge in [0.15, 0.2) is 6.29 Å². The zero-order valence-corrected chi connectivity index (χ0v) is 22.9. The zero-order valence-electron chi connectivity index (χ0n) is 22.9. The molecule has 1 aromatic carbocycles. The van der Waals surface area contributed by atoms with Gasteiger partial charge in [-0.05, 0) is 18.1 Å². The van der Waals surface area contributed by atoms with Crippen LogP contribution in [0.25, 0.3) is 6.08 Å². The first kappa shape index (κ1) is 32.9. The Morgan fingerprint density at radius 3 is 2.23 bits per heavy atom. The van der Waals surface area contributed by atoms with Crippen LogP contribution in [0.4, 0.5) is 0 Å². The van der Waals surface area contributed by atoms with E-state index in [9.17, 15) is 30.0 Å². The molecular formula is C29H46N2O8. The second-order valence-corrected chi connectivity index (χ2v) is 9.96. The minimum absolute atomic E-state index is 0.364. The monoisotopic (exact) mass is 550 g/mol. The van der Waals surface area contributed by atoms with Crippen LogP contribution in [0.3, 0.4) is 0 Å². The second kappa shape index (κ2) is 18.9. The van der Waals surface area contributed by atoms with Crippen molar-refractivity contribution in [3.8, 4) is 0 Å². The quantitative estimate of drug-likeness (QED) is 0.119. The maximum Gasteiger partial charge on any atom is 0.245 e. The maximum atomic E-state index is 12.9. The van der Waals surface area contributed by atoms with E-state index in [-0.39, 0.29) is 6.61 Å². The van der Waals surface area contributed by atoms with Crippen LogP contribution in [-0.2, 0) is 19.1 Å². The van der Waals surface area contributed by atoms with Crippen molar-refractivity contribution >= 4 is 17.9 Å². The topological polar surface area (TPSA) is 158 Å². The molecule has 0 bridgehead atoms. The predicted octanol–water partition coefficient (Wildman–Crippen LogP) is 1.65. The molecule has 0 spiro atoms. The molecule has 1 aromatic rings. The molecule has 2 rings (SSSR count). The van der Waals surface area contributed by atoms with E-state index in [0.29, 0.717) is 6.54 Å². The third-order valence-corrected chi connectivity index (χ3v) is 6.71. The molecule has 1 heterocycles. The largest absolute Gasteiger partial charge is 0.394 e. The first-order chi connectivity index (χ1) is 18.9. The van der Waals surface area contributed by atoms with Crippen LogP contribution in [0, 0.1) is 0 Å². The number of aliphatic hydroxyl groups excluding tert-OH is 4. The van der Waals surface area contributed by atoms with Crippen LogP contribution in [0.2, 0.25) is 0 Å². The van der Waals surface area contributed by atoms with Gasteiger partial charge in [-0.1, -0.05) is 88.6 Å². The molecule has 0 unspecified atom stereocenters. The SMILES string of the molecule is CCCCCCCCCCCNC(=O)[C@H](CO[C@H]1O[C@H](CO)[C@H](O)[C@H](O)[C@H]1O)NC(=O)/C=C/c1ccccc1. The average molecular weight is 551 g/mol. The second-order valence-electron chi connectivity index (χ2n) is 9.96. The summed E-state index contributed by atoms with van der Waals surface area (Å²) in [5.74, 6) is -0.972. The zero-order chi connectivity index (χ0) is 28.5. The van der Waals surface area contributed by atoms with Crippen LogP contribution in [0.15, 0.2) is 36.4 Å². The molecule has 10 heteroatoms. The van der Waals surface area contributed by atoms with E-state index in [1.165, 1.54) is 44.6 Å². The summed E-state index contributed by atoms with van der Waals surface area (Å²) in [6.07, 6.45) is 6.00. The van der Waals surface area contributed by atoms with Crippen molar-refractivity contribution < 1.29 is 39.5 Å². The summed E-state index contributed by atoms with van der Waals surface area (Å²) in [7, 11) is 0. The molecular weight excluding hydrogens is 504 g/mol. The summed E-state index contributed by atoms with van der Waals surface area (Å²) >= 11 is 0. The summed E-state index contributed by atoms with van der Waals surface area (Å²) in [6, 6.07) is 8.11. The number of amides is 2. The van der Waals surface area contributed by atoms with Crippen LogP contribution in [0.5, 0.6) is 0 Å². The number of hydrogen-bond acceptors (Lipinski definition) is 8. The third kappa shape index (κ3) is 12.2. The lowest BCUT2D eigenvalue weighted by atomic mass is 9.99. The van der Waals surface area contributed by atoms with E-state index in [4.69, 9.17) is 9.47 Å². The van der Waals surface area contributed by atoms with Crippen molar-refractivity contribution in [3.63, 3.8) is 0 Å². The molecule has 2 amide bonds. The minimum Gasteiger partial charge on any atom is -0.394 e. The van der Waals surface area contributed by atoms with Gasteiger partial charge in [-0.3, -0.25) is 9.59 Å². The summed E-state index contributed by atoms with van der Waals surface area (Å²) < 4.78 is 10.9. The van der Waals surface area contributed by atoms with Crippen molar-refractivity contribution in [1.82, 2.24) is 10.6 Å². The number of hydrogen-bond donors (Lipinski definition) is 6. The standard InChI is InChI=1S/C29H46N2O8/c1-2-3-4-5-6-7-8-9-13-18-30-28(37)22(31-24(33)17-16-21-14-11-10-12-15-21)20-38-29-27(36)26(35)25(34)23(19-32)39-29/h10-12,14-17,22-23,25-27,29,32,34-36H,2-9,13,18-20H2,1H3,(H,30,37)(H,31,33)/b17-16+/t22-,23+,25-,26-,27+,29-/m0/s1. The van der Waals surface area contributed by atoms with Gasteiger partial charge >= 0.3 is 0 Å². The minimum atomic E-state index is -1.61. The molecule has 0 aromatic heterocycles. The van der Waals surface area contributed by atoms with Gasteiger partial charge in [0.2, 0.25) is 11.8 Å². The summed E-state index contributed by atoms with van der Waals surface area (Å²) in [6.45, 7) is 1.68. The Labute approximate surface area is 231 Å². The van der Waals surface area contributed by atoms with Gasteiger partial charge in [0.1, 0.15) is 30.5 Å². The Balaban J connectivity index is 1.88. The van der Waals surface area contributed by atoms with Gasteiger partial charge in [0.05, 0.1) is 13.2 Å². The Bertz CT molecular complexity index is 851. The van der Waals surface area contributed by atoms with Gasteiger partial charge in [-0.15, -0.1) is 0 Å². The van der Waals surface area contributed by atoms with Crippen molar-refractivity contribution in [2.75, 3.05) is 19.8 Å². The van der Waals surface area contributed by atoms with Gasteiger partial charge in [-0.25, -0.2) is 0 Å². The average Bonchev–Trinajstić information content (AvgIpc) is 2.95. The summed E-state index contributed by atoms with van der Waals surface area (Å²) in [5, 5.41) is 45.0. The lowest BCUT2D eigenvalue weighted by Gasteiger charge is -2.39. The first-order valence-electron chi connectivity index (χ1n) is 14.1. The molecule has 0 aliphatic carbocycles. The van der Waals surface area contributed by atoms with E-state index < -0.39 is 55.2 Å². The van der Waals surface area contributed by atoms with E-state index in [1.54, 1.807) is 6.08 Å². The Hall–Kier alpha value is -2.34. The van der Waals surface area contributed by atoms with Gasteiger partial charge in [0.25, 0.3) is 0 Å². The van der Waals surface area contributed by atoms with Crippen molar-refractivity contribution in [2.24, 2.45) is 0 Å². The Morgan fingerprint density at radius 1 is 0.949 bits per heavy atom. The number of carbonyl (C=O) groups is 2. The molecule has 10 nitrogen and oxygen atoms in total. The first-order valence-corrected chi connectivity index (χ1v) is 14.1. The Morgan fingerprint density at radius 2 is 1.59 bits per heavy atom. The molecule has 1 aliphatic rings. The van der Waals surface area contributed by atoms with Crippen LogP contribution < -0.4 is 10.6 Å². The number of ether oxygens (including phenoxy) is 2. The molecule has 39 heavy (non-hydrogen) atoms. The van der Waals surface area contributed by atoms with Crippen LogP contribution >= 0.6 is 0 Å². The highest BCUT2D eigenvalue weighted by molar-refractivity contribution is 5.95. The van der Waals surface area contributed by atoms with Crippen LogP contribution in [-0.4, -0.2) is 88.7 Å². The number of carbonyl (C=O) groups excluding carboxylic acids is 2. The summed E-state index contributed by atoms with van der Waals surface area (Å²) in [5.41, 5.74) is 0.816. The molecule has 1 aliphatic heterocycles. The molecule has 1 saturated heterocycles. The van der Waals surface area contributed by atoms with Gasteiger partial charge < -0.3 is 40.5 Å². The number of benzene rings is 1. The normalized spacial score (nSPS) is 24.0. The third-order valence-electron chi connectivity index (χ3n) is 6.71. The highest BCUT2D eigenvalue weighted by Gasteiger charge is 2.44. The van der Waals surface area contributed by atoms with Crippen molar-refractivity contribution in [3.05, 3.63) is 42.0 Å². The number of unbranched alkanes of at least 4 members (excludes halogenated alkanes) is 8. The summed E-state index contributed by atoms with van der Waals surface area (Å²) in [4.78, 5) is 25.5. The van der Waals surface area contributed by atoms with Crippen molar-refractivity contribution in [2.45, 2.75) is 101 Å². The number of rotatable bonds is 18. The highest BCUT2D eigenvalue weighted by Crippen LogP contribution is 2.22. The number of aliphatic hydroxyl groups is 4. The van der Waals surface area contributed by atoms with E-state index in [2.05, 4.69) is 17.6 Å². The Kier molecular flexibility index (Phi) is 15.9. The fourth-order valence-electron chi connectivity index (χ4n) is 4.31. The van der Waals surface area contributed by atoms with E-state index in [1.807, 2.05) is 30.3 Å².